The number of nitrogens with one attached hydrogen (secondary N) is 1. The predicted octanol–water partition coefficient (Wildman–Crippen LogP) is 1.90. The zero-order valence-corrected chi connectivity index (χ0v) is 9.72. The number of hydrogen-bond acceptors (Lipinski definition) is 2. The minimum Gasteiger partial charge on any atom is -0.323 e. The van der Waals surface area contributed by atoms with Crippen molar-refractivity contribution < 1.29 is 4.39 Å². The van der Waals surface area contributed by atoms with Crippen LogP contribution in [0.3, 0.4) is 0 Å². The van der Waals surface area contributed by atoms with Crippen LogP contribution in [0.1, 0.15) is 5.56 Å². The molecule has 0 amide bonds. The van der Waals surface area contributed by atoms with Gasteiger partial charge in [0.15, 0.2) is 0 Å². The number of benzene rings is 1. The van der Waals surface area contributed by atoms with Crippen molar-refractivity contribution in [2.24, 2.45) is 5.73 Å². The molecular formula is C11H12BrFN2. The van der Waals surface area contributed by atoms with E-state index in [9.17, 15) is 4.39 Å². The van der Waals surface area contributed by atoms with Crippen molar-refractivity contribution in [3.8, 4) is 0 Å². The Hall–Kier alpha value is -0.710. The molecule has 1 atom stereocenters. The molecule has 0 fully saturated rings. The second kappa shape index (κ2) is 4.43. The van der Waals surface area contributed by atoms with Gasteiger partial charge < -0.3 is 11.1 Å². The van der Waals surface area contributed by atoms with Gasteiger partial charge in [0.2, 0.25) is 0 Å². The number of rotatable bonds is 1. The van der Waals surface area contributed by atoms with Gasteiger partial charge >= 0.3 is 0 Å². The van der Waals surface area contributed by atoms with Crippen LogP contribution in [0.2, 0.25) is 0 Å². The first-order valence-electron chi connectivity index (χ1n) is 4.80. The Morgan fingerprint density at radius 3 is 3.00 bits per heavy atom. The molecule has 2 rings (SSSR count). The summed E-state index contributed by atoms with van der Waals surface area (Å²) in [6, 6.07) is 5.25. The SMILES string of the molecule is NC1C=C(c2cccc(Br)c2F)CNC1. The van der Waals surface area contributed by atoms with Gasteiger partial charge in [-0.1, -0.05) is 18.2 Å². The Morgan fingerprint density at radius 1 is 1.47 bits per heavy atom. The fourth-order valence-corrected chi connectivity index (χ4v) is 2.05. The van der Waals surface area contributed by atoms with Gasteiger partial charge in [0, 0.05) is 24.7 Å². The first-order valence-corrected chi connectivity index (χ1v) is 5.59. The summed E-state index contributed by atoms with van der Waals surface area (Å²) in [5.41, 5.74) is 7.32. The predicted molar refractivity (Wildman–Crippen MR) is 62.9 cm³/mol. The highest BCUT2D eigenvalue weighted by Gasteiger charge is 2.14. The highest BCUT2D eigenvalue weighted by atomic mass is 79.9. The lowest BCUT2D eigenvalue weighted by Gasteiger charge is -2.20. The molecule has 0 radical (unpaired) electrons. The van der Waals surface area contributed by atoms with Crippen LogP contribution in [0.15, 0.2) is 28.7 Å². The number of nitrogens with two attached hydrogens (primary N) is 1. The molecule has 1 aromatic rings. The quantitative estimate of drug-likeness (QED) is 0.818. The molecule has 3 N–H and O–H groups in total. The minimum atomic E-state index is -0.223. The van der Waals surface area contributed by atoms with Crippen molar-refractivity contribution in [2.45, 2.75) is 6.04 Å². The van der Waals surface area contributed by atoms with Gasteiger partial charge in [0.1, 0.15) is 5.82 Å². The number of hydrogen-bond donors (Lipinski definition) is 2. The molecule has 2 nitrogen and oxygen atoms in total. The fraction of sp³-hybridized carbons (Fsp3) is 0.273. The van der Waals surface area contributed by atoms with Gasteiger partial charge in [-0.05, 0) is 27.6 Å². The van der Waals surface area contributed by atoms with Gasteiger partial charge in [-0.15, -0.1) is 0 Å². The molecule has 80 valence electrons. The Morgan fingerprint density at radius 2 is 2.27 bits per heavy atom. The first kappa shape index (κ1) is 10.8. The minimum absolute atomic E-state index is 0.0351. The molecule has 0 saturated carbocycles. The Labute approximate surface area is 96.5 Å². The summed E-state index contributed by atoms with van der Waals surface area (Å²) in [5, 5.41) is 3.15. The molecule has 0 aliphatic carbocycles. The van der Waals surface area contributed by atoms with Crippen LogP contribution in [0, 0.1) is 5.82 Å². The Balaban J connectivity index is 2.41. The average molecular weight is 271 g/mol. The third-order valence-electron chi connectivity index (χ3n) is 2.41. The highest BCUT2D eigenvalue weighted by Crippen LogP contribution is 2.25. The van der Waals surface area contributed by atoms with Crippen LogP contribution in [-0.4, -0.2) is 19.1 Å². The van der Waals surface area contributed by atoms with Crippen molar-refractivity contribution >= 4 is 21.5 Å². The van der Waals surface area contributed by atoms with Crippen LogP contribution >= 0.6 is 15.9 Å². The van der Waals surface area contributed by atoms with Crippen molar-refractivity contribution in [2.75, 3.05) is 13.1 Å². The van der Waals surface area contributed by atoms with Crippen LogP contribution in [-0.2, 0) is 0 Å². The summed E-state index contributed by atoms with van der Waals surface area (Å²) in [4.78, 5) is 0. The van der Waals surface area contributed by atoms with E-state index in [-0.39, 0.29) is 11.9 Å². The van der Waals surface area contributed by atoms with E-state index in [4.69, 9.17) is 5.73 Å². The van der Waals surface area contributed by atoms with E-state index in [1.54, 1.807) is 12.1 Å². The first-order chi connectivity index (χ1) is 7.18. The summed E-state index contributed by atoms with van der Waals surface area (Å²) in [5.74, 6) is -0.223. The molecule has 0 saturated heterocycles. The lowest BCUT2D eigenvalue weighted by molar-refractivity contribution is 0.611. The van der Waals surface area contributed by atoms with Crippen LogP contribution in [0.4, 0.5) is 4.39 Å². The zero-order valence-electron chi connectivity index (χ0n) is 8.13. The van der Waals surface area contributed by atoms with E-state index in [2.05, 4.69) is 21.2 Å². The van der Waals surface area contributed by atoms with E-state index < -0.39 is 0 Å². The monoisotopic (exact) mass is 270 g/mol. The summed E-state index contributed by atoms with van der Waals surface area (Å²) in [6.07, 6.45) is 1.92. The third-order valence-corrected chi connectivity index (χ3v) is 3.02. The van der Waals surface area contributed by atoms with Gasteiger partial charge in [-0.25, -0.2) is 4.39 Å². The second-order valence-corrected chi connectivity index (χ2v) is 4.44. The summed E-state index contributed by atoms with van der Waals surface area (Å²) in [6.45, 7) is 1.42. The standard InChI is InChI=1S/C11H12BrFN2/c12-10-3-1-2-9(11(10)13)7-4-8(14)6-15-5-7/h1-4,8,15H,5-6,14H2. The maximum absolute atomic E-state index is 13.8. The van der Waals surface area contributed by atoms with E-state index >= 15 is 0 Å². The average Bonchev–Trinajstić information content (AvgIpc) is 2.22. The van der Waals surface area contributed by atoms with Crippen molar-refractivity contribution in [1.82, 2.24) is 5.32 Å². The molecule has 4 heteroatoms. The maximum Gasteiger partial charge on any atom is 0.144 e. The molecule has 1 aromatic carbocycles. The van der Waals surface area contributed by atoms with E-state index in [0.717, 1.165) is 12.1 Å². The van der Waals surface area contributed by atoms with E-state index in [0.29, 0.717) is 16.6 Å². The van der Waals surface area contributed by atoms with Gasteiger partial charge in [-0.3, -0.25) is 0 Å². The van der Waals surface area contributed by atoms with Gasteiger partial charge in [-0.2, -0.15) is 0 Å². The molecule has 0 aromatic heterocycles. The van der Waals surface area contributed by atoms with Crippen molar-refractivity contribution in [1.29, 1.82) is 0 Å². The third kappa shape index (κ3) is 2.27. The molecule has 0 bridgehead atoms. The van der Waals surface area contributed by atoms with Crippen LogP contribution in [0.25, 0.3) is 5.57 Å². The summed E-state index contributed by atoms with van der Waals surface area (Å²) < 4.78 is 14.2. The van der Waals surface area contributed by atoms with E-state index in [1.165, 1.54) is 0 Å². The second-order valence-electron chi connectivity index (χ2n) is 3.59. The van der Waals surface area contributed by atoms with Crippen LogP contribution in [0.5, 0.6) is 0 Å². The van der Waals surface area contributed by atoms with Crippen molar-refractivity contribution in [3.63, 3.8) is 0 Å². The topological polar surface area (TPSA) is 38.0 Å². The highest BCUT2D eigenvalue weighted by molar-refractivity contribution is 9.10. The zero-order chi connectivity index (χ0) is 10.8. The molecule has 15 heavy (non-hydrogen) atoms. The molecule has 1 heterocycles. The smallest absolute Gasteiger partial charge is 0.144 e. The molecule has 0 spiro atoms. The van der Waals surface area contributed by atoms with Gasteiger partial charge in [0.05, 0.1) is 4.47 Å². The summed E-state index contributed by atoms with van der Waals surface area (Å²) in [7, 11) is 0. The Bertz CT molecular complexity index is 404. The van der Waals surface area contributed by atoms with Crippen LogP contribution < -0.4 is 11.1 Å². The largest absolute Gasteiger partial charge is 0.323 e. The Kier molecular flexibility index (Phi) is 3.19. The lowest BCUT2D eigenvalue weighted by Crippen LogP contribution is -2.37. The summed E-state index contributed by atoms with van der Waals surface area (Å²) >= 11 is 3.17. The molecule has 1 aliphatic heterocycles. The van der Waals surface area contributed by atoms with Gasteiger partial charge in [0.25, 0.3) is 0 Å². The fourth-order valence-electron chi connectivity index (χ4n) is 1.69. The molecule has 1 aliphatic rings. The molecular weight excluding hydrogens is 259 g/mol. The van der Waals surface area contributed by atoms with E-state index in [1.807, 2.05) is 12.1 Å². The molecule has 1 unspecified atom stereocenters. The maximum atomic E-state index is 13.8. The normalized spacial score (nSPS) is 21.3. The lowest BCUT2D eigenvalue weighted by atomic mass is 10.0. The van der Waals surface area contributed by atoms with Crippen molar-refractivity contribution in [3.05, 3.63) is 40.1 Å². The number of halogens is 2.